The van der Waals surface area contributed by atoms with E-state index in [1.807, 2.05) is 64.8 Å². The van der Waals surface area contributed by atoms with Gasteiger partial charge >= 0.3 is 0 Å². The van der Waals surface area contributed by atoms with E-state index in [1.54, 1.807) is 0 Å². The van der Waals surface area contributed by atoms with Gasteiger partial charge in [0.15, 0.2) is 0 Å². The Kier molecular flexibility index (Phi) is 5.52. The number of aromatic nitrogens is 2. The number of nitrogens with zero attached hydrogens (tertiary/aromatic N) is 2. The highest BCUT2D eigenvalue weighted by molar-refractivity contribution is 5.71. The van der Waals surface area contributed by atoms with Crippen LogP contribution in [0, 0.1) is 0 Å². The first-order chi connectivity index (χ1) is 17.2. The highest BCUT2D eigenvalue weighted by Gasteiger charge is 2.14. The fraction of sp³-hybridized carbons (Fsp3) is 0.143. The zero-order valence-corrected chi connectivity index (χ0v) is 19.3. The van der Waals surface area contributed by atoms with Crippen LogP contribution in [0.1, 0.15) is 6.92 Å². The van der Waals surface area contributed by atoms with Gasteiger partial charge in [0.05, 0.1) is 33.4 Å². The number of nitrogens with one attached hydrogen (secondary N) is 2. The lowest BCUT2D eigenvalue weighted by molar-refractivity contribution is -0.0575. The van der Waals surface area contributed by atoms with Crippen molar-refractivity contribution in [2.45, 2.75) is 13.2 Å². The Morgan fingerprint density at radius 3 is 1.29 bits per heavy atom. The maximum absolute atomic E-state index is 6.10. The summed E-state index contributed by atoms with van der Waals surface area (Å²) in [7, 11) is 0. The van der Waals surface area contributed by atoms with E-state index in [9.17, 15) is 0 Å². The number of hydrogen-bond acceptors (Lipinski definition) is 5. The summed E-state index contributed by atoms with van der Waals surface area (Å²) in [5.74, 6) is 1.41. The molecule has 0 radical (unpaired) electrons. The van der Waals surface area contributed by atoms with Gasteiger partial charge in [0.25, 0.3) is 6.29 Å². The first kappa shape index (κ1) is 21.2. The van der Waals surface area contributed by atoms with E-state index in [2.05, 4.69) is 59.4 Å². The summed E-state index contributed by atoms with van der Waals surface area (Å²) in [4.78, 5) is 0. The van der Waals surface area contributed by atoms with Gasteiger partial charge in [-0.3, -0.25) is 20.2 Å². The van der Waals surface area contributed by atoms with Crippen molar-refractivity contribution in [3.05, 3.63) is 97.1 Å². The third-order valence-corrected chi connectivity index (χ3v) is 5.92. The predicted octanol–water partition coefficient (Wildman–Crippen LogP) is 6.04. The summed E-state index contributed by atoms with van der Waals surface area (Å²) in [6.07, 6.45) is -0.574. The lowest BCUT2D eigenvalue weighted by atomic mass is 10.3. The van der Waals surface area contributed by atoms with Crippen LogP contribution < -0.4 is 20.3 Å². The summed E-state index contributed by atoms with van der Waals surface area (Å²) in [5, 5.41) is 0. The highest BCUT2D eigenvalue weighted by Crippen LogP contribution is 2.24. The second kappa shape index (κ2) is 9.12. The van der Waals surface area contributed by atoms with E-state index in [-0.39, 0.29) is 0 Å². The normalized spacial score (nSPS) is 11.6. The second-order valence-electron chi connectivity index (χ2n) is 8.30. The van der Waals surface area contributed by atoms with Crippen LogP contribution in [0.15, 0.2) is 97.1 Å². The van der Waals surface area contributed by atoms with E-state index in [0.717, 1.165) is 33.4 Å². The quantitative estimate of drug-likeness (QED) is 0.228. The standard InChI is InChI=1S/C28H26N4O3/c1-2-33-19-28(34-26-15-3-20(4-16-26)29-31-22-7-8-23(31)10-9-22)35-27-17-5-21(6-18-27)30-32-24-11-12-25(32)14-13-24/h3-18,28-30H,2,19H2,1H3. The maximum atomic E-state index is 6.10. The van der Waals surface area contributed by atoms with Gasteiger partial charge in [-0.25, -0.2) is 0 Å². The minimum Gasteiger partial charge on any atom is -0.452 e. The van der Waals surface area contributed by atoms with Crippen LogP contribution in [-0.2, 0) is 4.74 Å². The van der Waals surface area contributed by atoms with E-state index < -0.39 is 6.29 Å². The summed E-state index contributed by atoms with van der Waals surface area (Å²) in [6, 6.07) is 32.3. The fourth-order valence-corrected chi connectivity index (χ4v) is 4.14. The Balaban J connectivity index is 1.10. The molecule has 0 saturated heterocycles. The van der Waals surface area contributed by atoms with Crippen molar-refractivity contribution < 1.29 is 14.2 Å². The third-order valence-electron chi connectivity index (χ3n) is 5.92. The number of fused-ring (bicyclic) bond motifs is 4. The lowest BCUT2D eigenvalue weighted by Gasteiger charge is -2.21. The van der Waals surface area contributed by atoms with Gasteiger partial charge in [0, 0.05) is 6.61 Å². The molecule has 0 amide bonds. The van der Waals surface area contributed by atoms with Crippen LogP contribution in [0.4, 0.5) is 11.4 Å². The van der Waals surface area contributed by atoms with Crippen LogP contribution in [-0.4, -0.2) is 28.9 Å². The molecule has 2 N–H and O–H groups in total. The molecule has 35 heavy (non-hydrogen) atoms. The van der Waals surface area contributed by atoms with Crippen LogP contribution in [0.2, 0.25) is 0 Å². The Morgan fingerprint density at radius 2 is 0.943 bits per heavy atom. The monoisotopic (exact) mass is 466 g/mol. The molecule has 4 aromatic heterocycles. The van der Waals surface area contributed by atoms with Gasteiger partial charge in [0.1, 0.15) is 18.1 Å². The zero-order valence-electron chi connectivity index (χ0n) is 19.3. The SMILES string of the molecule is CCOCC(Oc1ccc(Nn2c3ccc2cc3)cc1)Oc1ccc(Nn2c3ccc2cc3)cc1. The summed E-state index contributed by atoms with van der Waals surface area (Å²) >= 11 is 0. The van der Waals surface area contributed by atoms with E-state index in [1.165, 1.54) is 0 Å². The molecule has 2 aromatic carbocycles. The van der Waals surface area contributed by atoms with Crippen molar-refractivity contribution in [1.29, 1.82) is 0 Å². The van der Waals surface area contributed by atoms with E-state index in [4.69, 9.17) is 14.2 Å². The Hall–Kier alpha value is -4.36. The average Bonchev–Trinajstić information content (AvgIpc) is 3.67. The van der Waals surface area contributed by atoms with E-state index >= 15 is 0 Å². The van der Waals surface area contributed by atoms with Crippen LogP contribution >= 0.6 is 0 Å². The molecule has 4 heterocycles. The maximum Gasteiger partial charge on any atom is 0.264 e. The van der Waals surface area contributed by atoms with Gasteiger partial charge in [-0.1, -0.05) is 0 Å². The molecular weight excluding hydrogens is 440 g/mol. The summed E-state index contributed by atoms with van der Waals surface area (Å²) in [6.45, 7) is 2.86. The minimum atomic E-state index is -0.574. The van der Waals surface area contributed by atoms with Gasteiger partial charge < -0.3 is 14.2 Å². The molecule has 0 aliphatic heterocycles. The average molecular weight is 467 g/mol. The zero-order chi connectivity index (χ0) is 23.6. The van der Waals surface area contributed by atoms with Crippen molar-refractivity contribution in [1.82, 2.24) is 9.35 Å². The van der Waals surface area contributed by atoms with Crippen molar-refractivity contribution in [3.63, 3.8) is 0 Å². The molecule has 6 aromatic rings. The second-order valence-corrected chi connectivity index (χ2v) is 8.30. The fourth-order valence-electron chi connectivity index (χ4n) is 4.14. The number of anilines is 2. The van der Waals surface area contributed by atoms with Gasteiger partial charge in [-0.2, -0.15) is 0 Å². The van der Waals surface area contributed by atoms with Crippen molar-refractivity contribution in [2.75, 3.05) is 24.1 Å². The van der Waals surface area contributed by atoms with Crippen molar-refractivity contribution in [3.8, 4) is 11.5 Å². The van der Waals surface area contributed by atoms with Crippen molar-refractivity contribution in [2.24, 2.45) is 0 Å². The molecule has 176 valence electrons. The molecule has 7 nitrogen and oxygen atoms in total. The Morgan fingerprint density at radius 1 is 0.571 bits per heavy atom. The largest absolute Gasteiger partial charge is 0.452 e. The number of hydrogen-bond donors (Lipinski definition) is 2. The topological polar surface area (TPSA) is 61.6 Å². The molecule has 0 unspecified atom stereocenters. The summed E-state index contributed by atoms with van der Waals surface area (Å²) < 4.78 is 21.9. The van der Waals surface area contributed by atoms with Crippen LogP contribution in [0.25, 0.3) is 22.1 Å². The highest BCUT2D eigenvalue weighted by atomic mass is 16.7. The molecule has 6 rings (SSSR count). The van der Waals surface area contributed by atoms with Gasteiger partial charge in [0.2, 0.25) is 0 Å². The first-order valence-electron chi connectivity index (χ1n) is 11.7. The molecule has 0 aliphatic rings. The first-order valence-corrected chi connectivity index (χ1v) is 11.7. The molecule has 0 spiro atoms. The smallest absolute Gasteiger partial charge is 0.264 e. The van der Waals surface area contributed by atoms with Crippen molar-refractivity contribution >= 4 is 33.4 Å². The number of ether oxygens (including phenoxy) is 3. The molecule has 0 atom stereocenters. The number of benzene rings is 4. The molecule has 0 saturated carbocycles. The molecular formula is C28H26N4O3. The van der Waals surface area contributed by atoms with Gasteiger partial charge in [-0.05, 0) is 104 Å². The predicted molar refractivity (Wildman–Crippen MR) is 139 cm³/mol. The molecule has 0 fully saturated rings. The third kappa shape index (κ3) is 4.41. The molecule has 0 aliphatic carbocycles. The van der Waals surface area contributed by atoms with Gasteiger partial charge in [-0.15, -0.1) is 0 Å². The van der Waals surface area contributed by atoms with E-state index in [0.29, 0.717) is 24.7 Å². The Labute approximate surface area is 203 Å². The lowest BCUT2D eigenvalue weighted by Crippen LogP contribution is -2.29. The molecule has 7 heteroatoms. The molecule has 4 bridgehead atoms. The number of rotatable bonds is 11. The Bertz CT molecular complexity index is 1280. The van der Waals surface area contributed by atoms with Crippen LogP contribution in [0.3, 0.4) is 0 Å². The van der Waals surface area contributed by atoms with Crippen LogP contribution in [0.5, 0.6) is 11.5 Å². The summed E-state index contributed by atoms with van der Waals surface area (Å²) in [5.41, 5.74) is 13.3. The minimum absolute atomic E-state index is 0.319.